The summed E-state index contributed by atoms with van der Waals surface area (Å²) in [6.07, 6.45) is 7.91. The molecule has 1 amide bonds. The fourth-order valence-electron chi connectivity index (χ4n) is 4.83. The van der Waals surface area contributed by atoms with Gasteiger partial charge in [0.15, 0.2) is 23.0 Å². The molecule has 10 heteroatoms. The lowest BCUT2D eigenvalue weighted by Crippen LogP contribution is -2.34. The van der Waals surface area contributed by atoms with Gasteiger partial charge in [0.05, 0.1) is 19.0 Å². The molecule has 1 saturated carbocycles. The highest BCUT2D eigenvalue weighted by Gasteiger charge is 2.24. The van der Waals surface area contributed by atoms with Crippen molar-refractivity contribution in [1.82, 2.24) is 19.7 Å². The second kappa shape index (κ2) is 10.1. The third-order valence-corrected chi connectivity index (χ3v) is 6.77. The Morgan fingerprint density at radius 3 is 2.76 bits per heavy atom. The molecule has 2 heterocycles. The Morgan fingerprint density at radius 1 is 1.19 bits per heavy atom. The Balaban J connectivity index is 1.42. The number of carbonyl (C=O) groups excluding carboxylic acids is 1. The summed E-state index contributed by atoms with van der Waals surface area (Å²) >= 11 is 0. The van der Waals surface area contributed by atoms with E-state index in [1.807, 2.05) is 19.1 Å². The van der Waals surface area contributed by atoms with Crippen molar-refractivity contribution in [2.45, 2.75) is 44.7 Å². The highest BCUT2D eigenvalue weighted by atomic mass is 19.2. The van der Waals surface area contributed by atoms with E-state index in [-0.39, 0.29) is 29.3 Å². The number of amides is 1. The minimum Gasteiger partial charge on any atom is -0.494 e. The molecule has 37 heavy (non-hydrogen) atoms. The first-order valence-corrected chi connectivity index (χ1v) is 12.2. The first-order valence-electron chi connectivity index (χ1n) is 12.2. The van der Waals surface area contributed by atoms with Crippen molar-refractivity contribution in [3.8, 4) is 17.0 Å². The van der Waals surface area contributed by atoms with Crippen LogP contribution < -0.4 is 21.1 Å². The number of nitrogens with zero attached hydrogens (tertiary/aromatic N) is 3. The molecule has 2 aromatic heterocycles. The van der Waals surface area contributed by atoms with Crippen LogP contribution in [0.15, 0.2) is 48.9 Å². The normalized spacial score (nSPS) is 17.2. The number of nitrogens with two attached hydrogens (primary N) is 1. The van der Waals surface area contributed by atoms with Gasteiger partial charge in [-0.15, -0.1) is 0 Å². The SMILES string of the molecule is CCc1cc(Nc2nccn3c(-c4ccc(OC)c(F)c4F)cnc23)ccc1C(=O)N[C@H]1CC[C@H](N)C1. The van der Waals surface area contributed by atoms with Gasteiger partial charge in [-0.25, -0.2) is 14.4 Å². The van der Waals surface area contributed by atoms with Gasteiger partial charge < -0.3 is 21.1 Å². The Labute approximate surface area is 212 Å². The molecular formula is C27H28F2N6O2. The van der Waals surface area contributed by atoms with Crippen molar-refractivity contribution in [1.29, 1.82) is 0 Å². The van der Waals surface area contributed by atoms with Crippen LogP contribution in [-0.4, -0.2) is 39.5 Å². The van der Waals surface area contributed by atoms with Crippen molar-refractivity contribution in [3.05, 3.63) is 71.7 Å². The smallest absolute Gasteiger partial charge is 0.251 e. The van der Waals surface area contributed by atoms with Crippen LogP contribution in [0, 0.1) is 11.6 Å². The summed E-state index contributed by atoms with van der Waals surface area (Å²) in [6, 6.07) is 8.57. The largest absolute Gasteiger partial charge is 0.494 e. The predicted molar refractivity (Wildman–Crippen MR) is 137 cm³/mol. The van der Waals surface area contributed by atoms with E-state index in [9.17, 15) is 13.6 Å². The molecule has 4 aromatic rings. The molecule has 0 spiro atoms. The van der Waals surface area contributed by atoms with Crippen LogP contribution in [0.3, 0.4) is 0 Å². The molecule has 1 aliphatic rings. The Bertz CT molecular complexity index is 1470. The number of halogens is 2. The van der Waals surface area contributed by atoms with E-state index in [1.54, 1.807) is 22.9 Å². The van der Waals surface area contributed by atoms with Crippen molar-refractivity contribution in [3.63, 3.8) is 0 Å². The molecule has 0 saturated heterocycles. The fraction of sp³-hybridized carbons (Fsp3) is 0.296. The number of aryl methyl sites for hydroxylation is 1. The average Bonchev–Trinajstić information content (AvgIpc) is 3.52. The number of hydrogen-bond acceptors (Lipinski definition) is 6. The average molecular weight is 507 g/mol. The zero-order valence-electron chi connectivity index (χ0n) is 20.6. The van der Waals surface area contributed by atoms with Gasteiger partial charge in [0.1, 0.15) is 0 Å². The predicted octanol–water partition coefficient (Wildman–Crippen LogP) is 4.60. The second-order valence-corrected chi connectivity index (χ2v) is 9.15. The molecule has 1 aliphatic carbocycles. The monoisotopic (exact) mass is 506 g/mol. The van der Waals surface area contributed by atoms with E-state index in [2.05, 4.69) is 20.6 Å². The molecule has 0 unspecified atom stereocenters. The minimum absolute atomic E-state index is 0.0507. The number of methoxy groups -OCH3 is 1. The van der Waals surface area contributed by atoms with E-state index in [1.165, 1.54) is 25.4 Å². The molecular weight excluding hydrogens is 478 g/mol. The van der Waals surface area contributed by atoms with Crippen molar-refractivity contribution in [2.75, 3.05) is 12.4 Å². The molecule has 0 bridgehead atoms. The molecule has 8 nitrogen and oxygen atoms in total. The minimum atomic E-state index is -1.06. The summed E-state index contributed by atoms with van der Waals surface area (Å²) in [5, 5.41) is 6.34. The van der Waals surface area contributed by atoms with Crippen molar-refractivity contribution < 1.29 is 18.3 Å². The van der Waals surface area contributed by atoms with Crippen LogP contribution >= 0.6 is 0 Å². The molecule has 2 aromatic carbocycles. The van der Waals surface area contributed by atoms with Crippen LogP contribution in [0.4, 0.5) is 20.3 Å². The molecule has 5 rings (SSSR count). The fourth-order valence-corrected chi connectivity index (χ4v) is 4.83. The van der Waals surface area contributed by atoms with Crippen LogP contribution in [0.25, 0.3) is 16.9 Å². The Hall–Kier alpha value is -4.05. The number of rotatable bonds is 7. The lowest BCUT2D eigenvalue weighted by molar-refractivity contribution is 0.0937. The van der Waals surface area contributed by atoms with Gasteiger partial charge in [-0.3, -0.25) is 9.20 Å². The molecule has 192 valence electrons. The number of anilines is 2. The third kappa shape index (κ3) is 4.72. The maximum atomic E-state index is 14.8. The number of ether oxygens (including phenoxy) is 1. The Kier molecular flexibility index (Phi) is 6.75. The molecule has 0 radical (unpaired) electrons. The van der Waals surface area contributed by atoms with Crippen LogP contribution in [0.5, 0.6) is 5.75 Å². The summed E-state index contributed by atoms with van der Waals surface area (Å²) in [6.45, 7) is 1.99. The lowest BCUT2D eigenvalue weighted by atomic mass is 10.0. The molecule has 2 atom stereocenters. The zero-order valence-corrected chi connectivity index (χ0v) is 20.6. The lowest BCUT2D eigenvalue weighted by Gasteiger charge is -2.16. The Morgan fingerprint density at radius 2 is 2.03 bits per heavy atom. The van der Waals surface area contributed by atoms with E-state index < -0.39 is 11.6 Å². The topological polar surface area (TPSA) is 107 Å². The number of carbonyl (C=O) groups is 1. The summed E-state index contributed by atoms with van der Waals surface area (Å²) in [7, 11) is 1.28. The van der Waals surface area contributed by atoms with Gasteiger partial charge in [-0.2, -0.15) is 4.39 Å². The van der Waals surface area contributed by atoms with E-state index in [4.69, 9.17) is 10.5 Å². The summed E-state index contributed by atoms with van der Waals surface area (Å²) in [5.41, 5.74) is 9.07. The molecule has 0 aliphatic heterocycles. The van der Waals surface area contributed by atoms with Crippen LogP contribution in [-0.2, 0) is 6.42 Å². The maximum absolute atomic E-state index is 14.8. The highest BCUT2D eigenvalue weighted by molar-refractivity contribution is 5.96. The molecule has 1 fully saturated rings. The number of aromatic nitrogens is 3. The summed E-state index contributed by atoms with van der Waals surface area (Å²) in [4.78, 5) is 21.7. The number of hydrogen-bond donors (Lipinski definition) is 3. The number of nitrogens with one attached hydrogen (secondary N) is 2. The summed E-state index contributed by atoms with van der Waals surface area (Å²) in [5.74, 6) is -1.92. The van der Waals surface area contributed by atoms with Crippen LogP contribution in [0.2, 0.25) is 0 Å². The number of benzene rings is 2. The van der Waals surface area contributed by atoms with Gasteiger partial charge in [0, 0.05) is 41.3 Å². The van der Waals surface area contributed by atoms with Gasteiger partial charge in [-0.05, 0) is 61.6 Å². The van der Waals surface area contributed by atoms with E-state index in [0.29, 0.717) is 29.1 Å². The highest BCUT2D eigenvalue weighted by Crippen LogP contribution is 2.31. The van der Waals surface area contributed by atoms with Gasteiger partial charge >= 0.3 is 0 Å². The van der Waals surface area contributed by atoms with E-state index >= 15 is 0 Å². The summed E-state index contributed by atoms with van der Waals surface area (Å²) < 4.78 is 35.6. The maximum Gasteiger partial charge on any atom is 0.251 e. The van der Waals surface area contributed by atoms with Crippen molar-refractivity contribution in [2.24, 2.45) is 5.73 Å². The first kappa shape index (κ1) is 24.6. The quantitative estimate of drug-likeness (QED) is 0.338. The zero-order chi connectivity index (χ0) is 26.1. The van der Waals surface area contributed by atoms with Gasteiger partial charge in [0.25, 0.3) is 5.91 Å². The van der Waals surface area contributed by atoms with Gasteiger partial charge in [0.2, 0.25) is 5.82 Å². The van der Waals surface area contributed by atoms with Crippen LogP contribution in [0.1, 0.15) is 42.1 Å². The first-order chi connectivity index (χ1) is 17.9. The van der Waals surface area contributed by atoms with Crippen molar-refractivity contribution >= 4 is 23.1 Å². The number of imidazole rings is 1. The van der Waals surface area contributed by atoms with E-state index in [0.717, 1.165) is 30.5 Å². The standard InChI is InChI=1S/C27H28F2N6O2/c1-3-15-12-17(6-7-19(15)27(36)34-18-5-4-16(30)13-18)33-25-26-32-14-21(35(26)11-10-31-25)20-8-9-22(37-2)24(29)23(20)28/h6-12,14,16,18H,3-5,13,30H2,1-2H3,(H,31,33)(H,34,36)/t16-,18-/m0/s1. The second-order valence-electron chi connectivity index (χ2n) is 9.15. The third-order valence-electron chi connectivity index (χ3n) is 6.77. The number of fused-ring (bicyclic) bond motifs is 1. The van der Waals surface area contributed by atoms with Gasteiger partial charge in [-0.1, -0.05) is 6.92 Å². The molecule has 4 N–H and O–H groups in total.